The highest BCUT2D eigenvalue weighted by molar-refractivity contribution is 7.80. The number of carbonyl (C=O) groups excluding carboxylic acids is 3. The van der Waals surface area contributed by atoms with E-state index in [0.29, 0.717) is 11.4 Å². The van der Waals surface area contributed by atoms with Crippen molar-refractivity contribution in [3.8, 4) is 5.75 Å². The Balaban J connectivity index is 1.85. The van der Waals surface area contributed by atoms with E-state index in [-0.39, 0.29) is 29.3 Å². The molecule has 8 nitrogen and oxygen atoms in total. The van der Waals surface area contributed by atoms with E-state index in [9.17, 15) is 14.4 Å². The summed E-state index contributed by atoms with van der Waals surface area (Å²) in [6, 6.07) is 6.01. The molecule has 2 aliphatic heterocycles. The molecule has 0 spiro atoms. The van der Waals surface area contributed by atoms with Crippen LogP contribution in [0.1, 0.15) is 20.3 Å². The van der Waals surface area contributed by atoms with Gasteiger partial charge in [-0.15, -0.1) is 0 Å². The molecule has 1 aromatic rings. The average Bonchev–Trinajstić information content (AvgIpc) is 2.93. The second kappa shape index (κ2) is 6.08. The van der Waals surface area contributed by atoms with E-state index in [1.54, 1.807) is 45.2 Å². The quantitative estimate of drug-likeness (QED) is 0.767. The number of benzene rings is 1. The van der Waals surface area contributed by atoms with Crippen LogP contribution in [0.4, 0.5) is 5.69 Å². The number of hydrogen-bond acceptors (Lipinski definition) is 6. The lowest BCUT2D eigenvalue weighted by Crippen LogP contribution is -2.71. The van der Waals surface area contributed by atoms with Crippen molar-refractivity contribution in [3.63, 3.8) is 0 Å². The monoisotopic (exact) mass is 362 g/mol. The molecule has 2 fully saturated rings. The summed E-state index contributed by atoms with van der Waals surface area (Å²) in [6.45, 7) is 3.28. The molecule has 25 heavy (non-hydrogen) atoms. The Kier molecular flexibility index (Phi) is 4.21. The van der Waals surface area contributed by atoms with Gasteiger partial charge >= 0.3 is 0 Å². The third-order valence-electron chi connectivity index (χ3n) is 4.32. The smallest absolute Gasteiger partial charge is 0.248 e. The van der Waals surface area contributed by atoms with E-state index in [2.05, 4.69) is 10.6 Å². The molecule has 2 heterocycles. The largest absolute Gasteiger partial charge is 0.497 e. The van der Waals surface area contributed by atoms with E-state index < -0.39 is 11.6 Å². The lowest BCUT2D eigenvalue weighted by atomic mass is 10.00. The van der Waals surface area contributed by atoms with E-state index in [1.807, 2.05) is 0 Å². The maximum absolute atomic E-state index is 12.7. The van der Waals surface area contributed by atoms with Crippen LogP contribution < -0.4 is 15.4 Å². The summed E-state index contributed by atoms with van der Waals surface area (Å²) in [5, 5.41) is 7.92. The Hall–Kier alpha value is -2.52. The molecule has 9 heteroatoms. The second-order valence-corrected chi connectivity index (χ2v) is 6.69. The zero-order chi connectivity index (χ0) is 18.4. The van der Waals surface area contributed by atoms with Crippen molar-refractivity contribution in [1.29, 1.82) is 0 Å². The number of carbonyl (C=O) groups is 3. The van der Waals surface area contributed by atoms with Gasteiger partial charge in [0.05, 0.1) is 13.5 Å². The van der Waals surface area contributed by atoms with Gasteiger partial charge in [-0.1, -0.05) is 0 Å². The van der Waals surface area contributed by atoms with Crippen LogP contribution in [0.2, 0.25) is 0 Å². The maximum Gasteiger partial charge on any atom is 0.248 e. The molecule has 2 aliphatic rings. The Morgan fingerprint density at radius 1 is 1.32 bits per heavy atom. The van der Waals surface area contributed by atoms with Gasteiger partial charge in [-0.05, 0) is 50.3 Å². The minimum Gasteiger partial charge on any atom is -0.497 e. The standard InChI is InChI=1S/C16H18N4O4S/c1-16(2)14(23)18-15(25)19-12(21)8-11(20(16)19)13(22)17-9-4-6-10(24-3)7-5-9/h4-7,11H,8H2,1-3H3,(H,17,22)(H,18,23,25). The molecule has 1 unspecified atom stereocenters. The van der Waals surface area contributed by atoms with Crippen molar-refractivity contribution in [2.24, 2.45) is 0 Å². The summed E-state index contributed by atoms with van der Waals surface area (Å²) >= 11 is 5.08. The van der Waals surface area contributed by atoms with Gasteiger partial charge in [-0.3, -0.25) is 19.7 Å². The predicted molar refractivity (Wildman–Crippen MR) is 93.5 cm³/mol. The SMILES string of the molecule is COc1ccc(NC(=O)C2CC(=O)N3C(=S)NC(=O)C(C)(C)N23)cc1. The van der Waals surface area contributed by atoms with E-state index >= 15 is 0 Å². The fourth-order valence-corrected chi connectivity index (χ4v) is 3.24. The molecule has 132 valence electrons. The van der Waals surface area contributed by atoms with Crippen LogP contribution in [0.25, 0.3) is 0 Å². The minimum absolute atomic E-state index is 0.00549. The highest BCUT2D eigenvalue weighted by atomic mass is 32.1. The van der Waals surface area contributed by atoms with Gasteiger partial charge in [-0.25, -0.2) is 5.01 Å². The molecule has 2 saturated heterocycles. The molecule has 0 bridgehead atoms. The Morgan fingerprint density at radius 3 is 2.56 bits per heavy atom. The molecule has 0 aromatic heterocycles. The van der Waals surface area contributed by atoms with Gasteiger partial charge < -0.3 is 10.1 Å². The van der Waals surface area contributed by atoms with Crippen molar-refractivity contribution in [3.05, 3.63) is 24.3 Å². The van der Waals surface area contributed by atoms with E-state index in [1.165, 1.54) is 10.0 Å². The van der Waals surface area contributed by atoms with Crippen molar-refractivity contribution >= 4 is 40.7 Å². The van der Waals surface area contributed by atoms with Gasteiger partial charge in [0.2, 0.25) is 17.7 Å². The maximum atomic E-state index is 12.7. The van der Waals surface area contributed by atoms with Crippen LogP contribution in [0.15, 0.2) is 24.3 Å². The predicted octanol–water partition coefficient (Wildman–Crippen LogP) is 0.645. The number of methoxy groups -OCH3 is 1. The number of thiocarbonyl (C=S) groups is 1. The molecule has 3 amide bonds. The number of rotatable bonds is 3. The number of anilines is 1. The van der Waals surface area contributed by atoms with Crippen LogP contribution in [0.5, 0.6) is 5.75 Å². The summed E-state index contributed by atoms with van der Waals surface area (Å²) in [6.07, 6.45) is -0.0550. The van der Waals surface area contributed by atoms with Crippen molar-refractivity contribution in [2.45, 2.75) is 31.8 Å². The molecule has 0 saturated carbocycles. The van der Waals surface area contributed by atoms with Gasteiger partial charge in [0.1, 0.15) is 17.3 Å². The number of nitrogens with one attached hydrogen (secondary N) is 2. The molecular formula is C16H18N4O4S. The van der Waals surface area contributed by atoms with Crippen LogP contribution in [-0.2, 0) is 14.4 Å². The molecule has 0 aliphatic carbocycles. The summed E-state index contributed by atoms with van der Waals surface area (Å²) < 4.78 is 5.08. The Labute approximate surface area is 150 Å². The third kappa shape index (κ3) is 2.85. The van der Waals surface area contributed by atoms with Crippen LogP contribution in [-0.4, -0.2) is 51.5 Å². The van der Waals surface area contributed by atoms with Crippen molar-refractivity contribution in [1.82, 2.24) is 15.3 Å². The normalized spacial score (nSPS) is 22.4. The highest BCUT2D eigenvalue weighted by Crippen LogP contribution is 2.33. The first-order valence-corrected chi connectivity index (χ1v) is 8.09. The van der Waals surface area contributed by atoms with Gasteiger partial charge in [0, 0.05) is 5.69 Å². The fraction of sp³-hybridized carbons (Fsp3) is 0.375. The average molecular weight is 362 g/mol. The number of amides is 3. The van der Waals surface area contributed by atoms with Gasteiger partial charge in [-0.2, -0.15) is 5.01 Å². The molecule has 2 N–H and O–H groups in total. The van der Waals surface area contributed by atoms with Gasteiger partial charge in [0.25, 0.3) is 0 Å². The number of ether oxygens (including phenoxy) is 1. The topological polar surface area (TPSA) is 91.0 Å². The van der Waals surface area contributed by atoms with Crippen LogP contribution in [0, 0.1) is 0 Å². The van der Waals surface area contributed by atoms with Crippen LogP contribution in [0.3, 0.4) is 0 Å². The summed E-state index contributed by atoms with van der Waals surface area (Å²) in [7, 11) is 1.55. The van der Waals surface area contributed by atoms with Gasteiger partial charge in [0.15, 0.2) is 5.11 Å². The van der Waals surface area contributed by atoms with E-state index in [0.717, 1.165) is 0 Å². The fourth-order valence-electron chi connectivity index (χ4n) is 2.96. The number of fused-ring (bicyclic) bond motifs is 1. The zero-order valence-electron chi connectivity index (χ0n) is 14.0. The molecular weight excluding hydrogens is 344 g/mol. The lowest BCUT2D eigenvalue weighted by Gasteiger charge is -2.45. The van der Waals surface area contributed by atoms with Crippen molar-refractivity contribution in [2.75, 3.05) is 12.4 Å². The number of hydrazine groups is 1. The number of nitrogens with zero attached hydrogens (tertiary/aromatic N) is 2. The highest BCUT2D eigenvalue weighted by Gasteiger charge is 2.56. The second-order valence-electron chi connectivity index (χ2n) is 6.31. The summed E-state index contributed by atoms with van der Waals surface area (Å²) in [5.74, 6) is -0.398. The molecule has 1 atom stereocenters. The Bertz CT molecular complexity index is 762. The Morgan fingerprint density at radius 2 is 1.96 bits per heavy atom. The molecule has 1 aromatic carbocycles. The first-order valence-electron chi connectivity index (χ1n) is 7.68. The minimum atomic E-state index is -1.09. The lowest BCUT2D eigenvalue weighted by molar-refractivity contribution is -0.154. The van der Waals surface area contributed by atoms with E-state index in [4.69, 9.17) is 17.0 Å². The van der Waals surface area contributed by atoms with Crippen LogP contribution >= 0.6 is 12.2 Å². The zero-order valence-corrected chi connectivity index (χ0v) is 14.8. The molecule has 0 radical (unpaired) electrons. The third-order valence-corrected chi connectivity index (χ3v) is 4.59. The first-order chi connectivity index (χ1) is 11.8. The number of hydrogen-bond donors (Lipinski definition) is 2. The summed E-state index contributed by atoms with van der Waals surface area (Å²) in [4.78, 5) is 37.3. The first kappa shape index (κ1) is 17.3. The summed E-state index contributed by atoms with van der Waals surface area (Å²) in [5.41, 5.74) is -0.519. The van der Waals surface area contributed by atoms with Crippen molar-refractivity contribution < 1.29 is 19.1 Å². The molecule has 3 rings (SSSR count).